The van der Waals surface area contributed by atoms with Crippen LogP contribution in [-0.4, -0.2) is 47.8 Å². The molecule has 1 amide bonds. The predicted octanol–water partition coefficient (Wildman–Crippen LogP) is 7.16. The third-order valence-corrected chi connectivity index (χ3v) is 7.95. The van der Waals surface area contributed by atoms with E-state index in [1.807, 2.05) is 0 Å². The fraction of sp³-hybridized carbons (Fsp3) is 0.966. The zero-order valence-corrected chi connectivity index (χ0v) is 25.6. The predicted molar refractivity (Wildman–Crippen MR) is 157 cm³/mol. The Morgan fingerprint density at radius 3 is 1.68 bits per heavy atom. The summed E-state index contributed by atoms with van der Waals surface area (Å²) in [6.45, 7) is 4.14. The van der Waals surface area contributed by atoms with E-state index in [1.54, 1.807) is 0 Å². The molecular weight excluding hydrogens is 503 g/mol. The van der Waals surface area contributed by atoms with Crippen molar-refractivity contribution in [3.8, 4) is 0 Å². The fourth-order valence-electron chi connectivity index (χ4n) is 4.55. The lowest BCUT2D eigenvalue weighted by atomic mass is 10.0. The molecule has 0 rings (SSSR count). The van der Waals surface area contributed by atoms with Gasteiger partial charge in [-0.05, 0) is 12.8 Å². The number of rotatable bonds is 29. The molecule has 0 aliphatic rings. The molecule has 0 saturated heterocycles. The molecule has 0 aromatic carbocycles. The van der Waals surface area contributed by atoms with Gasteiger partial charge in [-0.15, -0.1) is 0 Å². The highest BCUT2D eigenvalue weighted by atomic mass is 31.2. The van der Waals surface area contributed by atoms with Crippen LogP contribution in [0.5, 0.6) is 0 Å². The first kappa shape index (κ1) is 37.5. The molecule has 9 heteroatoms. The first-order valence-electron chi connectivity index (χ1n) is 15.7. The highest BCUT2D eigenvalue weighted by molar-refractivity contribution is 7.47. The smallest absolute Gasteiger partial charge is 0.391 e. The summed E-state index contributed by atoms with van der Waals surface area (Å²) in [5, 5.41) is 13.6. The standard InChI is InChI=1S/C29H61N2O6P/c1-3-5-7-9-11-13-15-17-19-21-23-29(33)31-27(26-37-38(34,35)36-25-24-30)28(32)22-20-18-16-14-12-10-8-6-4-2/h27-28,32H,3-26,30H2,1-2H3,(H,31,33)(H,34,35). The van der Waals surface area contributed by atoms with Crippen LogP contribution < -0.4 is 11.1 Å². The Morgan fingerprint density at radius 2 is 1.21 bits per heavy atom. The average Bonchev–Trinajstić information content (AvgIpc) is 2.89. The maximum atomic E-state index is 12.6. The Kier molecular flexibility index (Phi) is 26.4. The van der Waals surface area contributed by atoms with Gasteiger partial charge in [-0.1, -0.05) is 129 Å². The van der Waals surface area contributed by atoms with Gasteiger partial charge in [0.1, 0.15) is 0 Å². The number of hydrogen-bond acceptors (Lipinski definition) is 6. The van der Waals surface area contributed by atoms with Crippen molar-refractivity contribution in [2.24, 2.45) is 5.73 Å². The first-order chi connectivity index (χ1) is 18.4. The van der Waals surface area contributed by atoms with Gasteiger partial charge in [0.05, 0.1) is 25.4 Å². The molecule has 0 bridgehead atoms. The van der Waals surface area contributed by atoms with Crippen LogP contribution in [0.2, 0.25) is 0 Å². The molecule has 0 saturated carbocycles. The van der Waals surface area contributed by atoms with Crippen LogP contribution in [0.15, 0.2) is 0 Å². The molecule has 0 aromatic rings. The molecule has 3 atom stereocenters. The van der Waals surface area contributed by atoms with Crippen molar-refractivity contribution in [3.05, 3.63) is 0 Å². The summed E-state index contributed by atoms with van der Waals surface area (Å²) in [5.41, 5.74) is 5.33. The Bertz CT molecular complexity index is 581. The number of carbonyl (C=O) groups is 1. The molecule has 0 radical (unpaired) electrons. The van der Waals surface area contributed by atoms with Crippen LogP contribution in [0.25, 0.3) is 0 Å². The van der Waals surface area contributed by atoms with Crippen molar-refractivity contribution < 1.29 is 28.4 Å². The lowest BCUT2D eigenvalue weighted by Crippen LogP contribution is -2.46. The molecule has 0 aromatic heterocycles. The number of phosphoric ester groups is 1. The maximum absolute atomic E-state index is 12.6. The van der Waals surface area contributed by atoms with E-state index < -0.39 is 20.0 Å². The van der Waals surface area contributed by atoms with E-state index in [0.717, 1.165) is 38.5 Å². The van der Waals surface area contributed by atoms with E-state index in [9.17, 15) is 19.4 Å². The Morgan fingerprint density at radius 1 is 0.763 bits per heavy atom. The highest BCUT2D eigenvalue weighted by Crippen LogP contribution is 2.43. The van der Waals surface area contributed by atoms with Crippen molar-refractivity contribution in [2.45, 2.75) is 161 Å². The van der Waals surface area contributed by atoms with E-state index in [-0.39, 0.29) is 25.7 Å². The van der Waals surface area contributed by atoms with Crippen LogP contribution in [0.3, 0.4) is 0 Å². The summed E-state index contributed by atoms with van der Waals surface area (Å²) in [5.74, 6) is -0.167. The second kappa shape index (κ2) is 26.7. The monoisotopic (exact) mass is 564 g/mol. The number of nitrogens with two attached hydrogens (primary N) is 1. The molecule has 0 spiro atoms. The van der Waals surface area contributed by atoms with Crippen molar-refractivity contribution in [1.29, 1.82) is 0 Å². The lowest BCUT2D eigenvalue weighted by molar-refractivity contribution is -0.123. The SMILES string of the molecule is CCCCCCCCCCCCC(=O)NC(COP(=O)(O)OCCN)C(O)CCCCCCCCCCC. The van der Waals surface area contributed by atoms with Crippen LogP contribution in [0.4, 0.5) is 0 Å². The molecule has 0 heterocycles. The quantitative estimate of drug-likeness (QED) is 0.0560. The highest BCUT2D eigenvalue weighted by Gasteiger charge is 2.27. The van der Waals surface area contributed by atoms with E-state index in [2.05, 4.69) is 19.2 Å². The van der Waals surface area contributed by atoms with Gasteiger partial charge >= 0.3 is 7.82 Å². The molecule has 0 aliphatic carbocycles. The van der Waals surface area contributed by atoms with Crippen molar-refractivity contribution >= 4 is 13.7 Å². The minimum Gasteiger partial charge on any atom is -0.391 e. The van der Waals surface area contributed by atoms with Gasteiger partial charge in [0.2, 0.25) is 5.91 Å². The summed E-state index contributed by atoms with van der Waals surface area (Å²) < 4.78 is 21.9. The second-order valence-electron chi connectivity index (χ2n) is 10.7. The number of unbranched alkanes of at least 4 members (excludes halogenated alkanes) is 17. The molecule has 228 valence electrons. The Balaban J connectivity index is 4.36. The van der Waals surface area contributed by atoms with Gasteiger partial charge in [0, 0.05) is 13.0 Å². The van der Waals surface area contributed by atoms with Crippen molar-refractivity contribution in [2.75, 3.05) is 19.8 Å². The number of aliphatic hydroxyl groups excluding tert-OH is 1. The van der Waals surface area contributed by atoms with Gasteiger partial charge in [-0.3, -0.25) is 13.8 Å². The number of aliphatic hydroxyl groups is 1. The minimum absolute atomic E-state index is 0.0914. The average molecular weight is 565 g/mol. The van der Waals surface area contributed by atoms with Gasteiger partial charge < -0.3 is 21.1 Å². The van der Waals surface area contributed by atoms with Crippen LogP contribution in [0, 0.1) is 0 Å². The number of carbonyl (C=O) groups excluding carboxylic acids is 1. The lowest BCUT2D eigenvalue weighted by Gasteiger charge is -2.25. The zero-order chi connectivity index (χ0) is 28.3. The third-order valence-electron chi connectivity index (χ3n) is 6.96. The molecular formula is C29H61N2O6P. The van der Waals surface area contributed by atoms with Crippen LogP contribution >= 0.6 is 7.82 Å². The summed E-state index contributed by atoms with van der Waals surface area (Å²) in [7, 11) is -4.29. The number of hydrogen-bond donors (Lipinski definition) is 4. The molecule has 0 fully saturated rings. The fourth-order valence-corrected chi connectivity index (χ4v) is 5.31. The normalized spacial score (nSPS) is 14.8. The van der Waals surface area contributed by atoms with E-state index >= 15 is 0 Å². The summed E-state index contributed by atoms with van der Waals surface area (Å²) in [4.78, 5) is 22.4. The van der Waals surface area contributed by atoms with E-state index in [4.69, 9.17) is 14.8 Å². The van der Waals surface area contributed by atoms with Gasteiger partial charge in [-0.2, -0.15) is 0 Å². The van der Waals surface area contributed by atoms with Crippen molar-refractivity contribution in [3.63, 3.8) is 0 Å². The summed E-state index contributed by atoms with van der Waals surface area (Å²) in [6, 6.07) is -0.762. The van der Waals surface area contributed by atoms with Crippen molar-refractivity contribution in [1.82, 2.24) is 5.32 Å². The molecule has 0 aliphatic heterocycles. The minimum atomic E-state index is -4.29. The maximum Gasteiger partial charge on any atom is 0.472 e. The number of nitrogens with one attached hydrogen (secondary N) is 1. The van der Waals surface area contributed by atoms with Gasteiger partial charge in [0.25, 0.3) is 0 Å². The molecule has 38 heavy (non-hydrogen) atoms. The third kappa shape index (κ3) is 24.5. The largest absolute Gasteiger partial charge is 0.472 e. The Labute approximate surface area is 233 Å². The molecule has 3 unspecified atom stereocenters. The van der Waals surface area contributed by atoms with E-state index in [0.29, 0.717) is 12.8 Å². The number of amides is 1. The van der Waals surface area contributed by atoms with Crippen LogP contribution in [-0.2, 0) is 18.4 Å². The van der Waals surface area contributed by atoms with Gasteiger partial charge in [0.15, 0.2) is 0 Å². The summed E-state index contributed by atoms with van der Waals surface area (Å²) in [6.07, 6.45) is 22.5. The Hall–Kier alpha value is -0.500. The van der Waals surface area contributed by atoms with Gasteiger partial charge in [-0.25, -0.2) is 4.57 Å². The summed E-state index contributed by atoms with van der Waals surface area (Å²) >= 11 is 0. The molecule has 8 nitrogen and oxygen atoms in total. The molecule has 5 N–H and O–H groups in total. The first-order valence-corrected chi connectivity index (χ1v) is 17.1. The zero-order valence-electron chi connectivity index (χ0n) is 24.7. The van der Waals surface area contributed by atoms with E-state index in [1.165, 1.54) is 83.5 Å². The topological polar surface area (TPSA) is 131 Å². The number of phosphoric acid groups is 1. The second-order valence-corrected chi connectivity index (χ2v) is 12.1. The van der Waals surface area contributed by atoms with Crippen LogP contribution in [0.1, 0.15) is 149 Å².